The van der Waals surface area contributed by atoms with E-state index in [1.54, 1.807) is 29.2 Å². The molecule has 27 heavy (non-hydrogen) atoms. The smallest absolute Gasteiger partial charge is 0.338 e. The fourth-order valence-corrected chi connectivity index (χ4v) is 3.12. The summed E-state index contributed by atoms with van der Waals surface area (Å²) in [5.41, 5.74) is 2.46. The highest BCUT2D eigenvalue weighted by Gasteiger charge is 2.25. The predicted octanol–water partition coefficient (Wildman–Crippen LogP) is 4.00. The van der Waals surface area contributed by atoms with Gasteiger partial charge in [-0.15, -0.1) is 0 Å². The van der Waals surface area contributed by atoms with E-state index in [9.17, 15) is 9.59 Å². The number of amides is 1. The summed E-state index contributed by atoms with van der Waals surface area (Å²) >= 11 is 0. The Morgan fingerprint density at radius 2 is 1.81 bits per heavy atom. The van der Waals surface area contributed by atoms with Crippen molar-refractivity contribution in [2.45, 2.75) is 32.6 Å². The number of anilines is 1. The highest BCUT2D eigenvalue weighted by molar-refractivity contribution is 5.98. The second kappa shape index (κ2) is 9.21. The van der Waals surface area contributed by atoms with Crippen LogP contribution in [0.1, 0.15) is 42.1 Å². The number of benzene rings is 2. The number of hydrogen-bond acceptors (Lipinski definition) is 4. The number of rotatable bonds is 8. The predicted molar refractivity (Wildman–Crippen MR) is 104 cm³/mol. The van der Waals surface area contributed by atoms with E-state index in [1.165, 1.54) is 0 Å². The van der Waals surface area contributed by atoms with Crippen LogP contribution in [0.3, 0.4) is 0 Å². The maximum Gasteiger partial charge on any atom is 0.338 e. The third kappa shape index (κ3) is 4.88. The normalized spacial score (nSPS) is 12.6. The minimum absolute atomic E-state index is 0.204. The molecule has 0 fully saturated rings. The minimum atomic E-state index is -0.506. The molecule has 0 bridgehead atoms. The van der Waals surface area contributed by atoms with Crippen molar-refractivity contribution in [2.75, 3.05) is 24.7 Å². The number of esters is 1. The summed E-state index contributed by atoms with van der Waals surface area (Å²) in [6.07, 6.45) is 4.13. The Morgan fingerprint density at radius 1 is 1.04 bits per heavy atom. The fraction of sp³-hybridized carbons (Fsp3) is 0.364. The summed E-state index contributed by atoms with van der Waals surface area (Å²) in [7, 11) is 0. The van der Waals surface area contributed by atoms with Crippen LogP contribution in [0.25, 0.3) is 0 Å². The summed E-state index contributed by atoms with van der Waals surface area (Å²) in [6.45, 7) is 3.18. The number of carbonyl (C=O) groups is 2. The lowest BCUT2D eigenvalue weighted by atomic mass is 10.2. The molecule has 1 aliphatic rings. The fourth-order valence-electron chi connectivity index (χ4n) is 3.12. The van der Waals surface area contributed by atoms with Crippen LogP contribution in [0.4, 0.5) is 5.69 Å². The second-order valence-corrected chi connectivity index (χ2v) is 6.58. The molecule has 5 heteroatoms. The van der Waals surface area contributed by atoms with Gasteiger partial charge in [-0.25, -0.2) is 4.79 Å². The Balaban J connectivity index is 1.48. The number of unbranched alkanes of at least 4 members (excludes halogenated alkanes) is 2. The van der Waals surface area contributed by atoms with Crippen molar-refractivity contribution in [1.82, 2.24) is 0 Å². The van der Waals surface area contributed by atoms with Crippen molar-refractivity contribution in [3.05, 3.63) is 59.7 Å². The van der Waals surface area contributed by atoms with Crippen LogP contribution in [0.5, 0.6) is 5.75 Å². The average Bonchev–Trinajstić information content (AvgIpc) is 3.14. The quantitative estimate of drug-likeness (QED) is 0.523. The maximum atomic E-state index is 12.4. The number of para-hydroxylation sites is 1. The largest absolute Gasteiger partial charge is 0.494 e. The van der Waals surface area contributed by atoms with Crippen molar-refractivity contribution >= 4 is 17.6 Å². The Bertz CT molecular complexity index is 785. The van der Waals surface area contributed by atoms with Gasteiger partial charge in [0.2, 0.25) is 0 Å². The van der Waals surface area contributed by atoms with Crippen molar-refractivity contribution in [1.29, 1.82) is 0 Å². The molecule has 0 aromatic heterocycles. The summed E-state index contributed by atoms with van der Waals surface area (Å²) in [6, 6.07) is 14.6. The molecule has 1 heterocycles. The van der Waals surface area contributed by atoms with Gasteiger partial charge in [-0.1, -0.05) is 38.0 Å². The molecule has 142 valence electrons. The summed E-state index contributed by atoms with van der Waals surface area (Å²) < 4.78 is 10.8. The molecule has 0 saturated heterocycles. The molecule has 0 atom stereocenters. The van der Waals surface area contributed by atoms with Gasteiger partial charge < -0.3 is 14.4 Å². The molecule has 0 radical (unpaired) electrons. The zero-order valence-corrected chi connectivity index (χ0v) is 15.6. The molecule has 0 N–H and O–H groups in total. The Hall–Kier alpha value is -2.82. The second-order valence-electron chi connectivity index (χ2n) is 6.58. The highest BCUT2D eigenvalue weighted by atomic mass is 16.5. The Labute approximate surface area is 159 Å². The number of carbonyl (C=O) groups excluding carboxylic acids is 2. The van der Waals surface area contributed by atoms with Gasteiger partial charge in [-0.05, 0) is 48.7 Å². The molecule has 1 aliphatic heterocycles. The lowest BCUT2D eigenvalue weighted by Gasteiger charge is -2.17. The summed E-state index contributed by atoms with van der Waals surface area (Å²) in [5, 5.41) is 0. The molecule has 0 saturated carbocycles. The van der Waals surface area contributed by atoms with Crippen LogP contribution in [0, 0.1) is 0 Å². The molecule has 3 rings (SSSR count). The van der Waals surface area contributed by atoms with Crippen LogP contribution >= 0.6 is 0 Å². The van der Waals surface area contributed by atoms with E-state index in [0.717, 1.165) is 42.7 Å². The SMILES string of the molecule is CCCCCOc1ccc(C(=O)OCC(=O)N2CCc3ccccc32)cc1. The molecular formula is C22H25NO4. The number of fused-ring (bicyclic) bond motifs is 1. The van der Waals surface area contributed by atoms with E-state index in [4.69, 9.17) is 9.47 Å². The van der Waals surface area contributed by atoms with Gasteiger partial charge in [0.15, 0.2) is 6.61 Å². The standard InChI is InChI=1S/C22H25NO4/c1-2-3-6-15-26-19-11-9-18(10-12-19)22(25)27-16-21(24)23-14-13-17-7-4-5-8-20(17)23/h4-5,7-12H,2-3,6,13-16H2,1H3. The first kappa shape index (κ1) is 19.0. The van der Waals surface area contributed by atoms with Crippen LogP contribution in [-0.2, 0) is 16.0 Å². The monoisotopic (exact) mass is 367 g/mol. The number of nitrogens with zero attached hydrogens (tertiary/aromatic N) is 1. The van der Waals surface area contributed by atoms with E-state index in [1.807, 2.05) is 24.3 Å². The van der Waals surface area contributed by atoms with Gasteiger partial charge in [0.05, 0.1) is 12.2 Å². The lowest BCUT2D eigenvalue weighted by Crippen LogP contribution is -2.33. The maximum absolute atomic E-state index is 12.4. The molecule has 0 unspecified atom stereocenters. The molecular weight excluding hydrogens is 342 g/mol. The van der Waals surface area contributed by atoms with Gasteiger partial charge >= 0.3 is 5.97 Å². The third-order valence-corrected chi connectivity index (χ3v) is 4.62. The first-order valence-corrected chi connectivity index (χ1v) is 9.47. The lowest BCUT2D eigenvalue weighted by molar-refractivity contribution is -0.121. The van der Waals surface area contributed by atoms with Crippen LogP contribution in [0.15, 0.2) is 48.5 Å². The van der Waals surface area contributed by atoms with Gasteiger partial charge in [0, 0.05) is 12.2 Å². The van der Waals surface area contributed by atoms with Crippen molar-refractivity contribution in [2.24, 2.45) is 0 Å². The Kier molecular flexibility index (Phi) is 6.47. The molecule has 2 aromatic carbocycles. The van der Waals surface area contributed by atoms with Gasteiger partial charge in [-0.3, -0.25) is 4.79 Å². The first-order chi connectivity index (χ1) is 13.2. The van der Waals surface area contributed by atoms with E-state index >= 15 is 0 Å². The van der Waals surface area contributed by atoms with Gasteiger partial charge in [-0.2, -0.15) is 0 Å². The van der Waals surface area contributed by atoms with Gasteiger partial charge in [0.25, 0.3) is 5.91 Å². The first-order valence-electron chi connectivity index (χ1n) is 9.47. The average molecular weight is 367 g/mol. The molecule has 5 nitrogen and oxygen atoms in total. The molecule has 1 amide bonds. The van der Waals surface area contributed by atoms with E-state index < -0.39 is 5.97 Å². The van der Waals surface area contributed by atoms with Gasteiger partial charge in [0.1, 0.15) is 5.75 Å². The minimum Gasteiger partial charge on any atom is -0.494 e. The van der Waals surface area contributed by atoms with Crippen LogP contribution < -0.4 is 9.64 Å². The molecule has 2 aromatic rings. The molecule has 0 aliphatic carbocycles. The van der Waals surface area contributed by atoms with Crippen molar-refractivity contribution < 1.29 is 19.1 Å². The van der Waals surface area contributed by atoms with E-state index in [0.29, 0.717) is 18.7 Å². The van der Waals surface area contributed by atoms with Crippen LogP contribution in [-0.4, -0.2) is 31.6 Å². The summed E-state index contributed by atoms with van der Waals surface area (Å²) in [5.74, 6) is 0.0185. The number of hydrogen-bond donors (Lipinski definition) is 0. The van der Waals surface area contributed by atoms with Crippen molar-refractivity contribution in [3.8, 4) is 5.75 Å². The summed E-state index contributed by atoms with van der Waals surface area (Å²) in [4.78, 5) is 26.3. The Morgan fingerprint density at radius 3 is 2.59 bits per heavy atom. The topological polar surface area (TPSA) is 55.8 Å². The molecule has 0 spiro atoms. The third-order valence-electron chi connectivity index (χ3n) is 4.62. The van der Waals surface area contributed by atoms with E-state index in [-0.39, 0.29) is 12.5 Å². The number of ether oxygens (including phenoxy) is 2. The van der Waals surface area contributed by atoms with Crippen molar-refractivity contribution in [3.63, 3.8) is 0 Å². The van der Waals surface area contributed by atoms with E-state index in [2.05, 4.69) is 6.92 Å². The zero-order valence-electron chi connectivity index (χ0n) is 15.6. The zero-order chi connectivity index (χ0) is 19.1. The highest BCUT2D eigenvalue weighted by Crippen LogP contribution is 2.27. The van der Waals surface area contributed by atoms with Crippen LogP contribution in [0.2, 0.25) is 0 Å².